The highest BCUT2D eigenvalue weighted by Gasteiger charge is 2.15. The van der Waals surface area contributed by atoms with E-state index in [0.717, 1.165) is 16.6 Å². The van der Waals surface area contributed by atoms with Gasteiger partial charge in [-0.1, -0.05) is 28.9 Å². The van der Waals surface area contributed by atoms with Crippen molar-refractivity contribution in [3.05, 3.63) is 46.9 Å². The Morgan fingerprint density at radius 3 is 2.77 bits per heavy atom. The van der Waals surface area contributed by atoms with Crippen LogP contribution < -0.4 is 5.32 Å². The molecule has 0 aliphatic heterocycles. The van der Waals surface area contributed by atoms with E-state index in [-0.39, 0.29) is 6.10 Å². The molecule has 3 rings (SSSR count). The Labute approximate surface area is 132 Å². The molecule has 1 N–H and O–H groups in total. The molecular formula is C15H15ClN4O2. The first-order chi connectivity index (χ1) is 10.7. The van der Waals surface area contributed by atoms with E-state index in [1.807, 2.05) is 31.2 Å². The van der Waals surface area contributed by atoms with Gasteiger partial charge in [0, 0.05) is 18.7 Å². The van der Waals surface area contributed by atoms with Crippen molar-refractivity contribution in [2.75, 3.05) is 19.0 Å². The number of rotatable bonds is 5. The van der Waals surface area contributed by atoms with Crippen LogP contribution in [-0.4, -0.2) is 28.8 Å². The third-order valence-electron chi connectivity index (χ3n) is 3.42. The molecular weight excluding hydrogens is 304 g/mol. The van der Waals surface area contributed by atoms with E-state index in [0.29, 0.717) is 23.1 Å². The van der Waals surface area contributed by atoms with Crippen LogP contribution in [0, 0.1) is 6.92 Å². The zero-order chi connectivity index (χ0) is 15.5. The Hall–Kier alpha value is -2.18. The van der Waals surface area contributed by atoms with Gasteiger partial charge >= 0.3 is 0 Å². The number of fused-ring (bicyclic) bond motifs is 1. The number of anilines is 1. The molecule has 0 amide bonds. The Morgan fingerprint density at radius 2 is 2.05 bits per heavy atom. The van der Waals surface area contributed by atoms with Crippen LogP contribution in [0.2, 0.25) is 5.02 Å². The number of aromatic nitrogens is 3. The molecule has 0 aliphatic rings. The molecule has 3 aromatic rings. The topological polar surface area (TPSA) is 73.1 Å². The van der Waals surface area contributed by atoms with E-state index in [1.165, 1.54) is 6.33 Å². The van der Waals surface area contributed by atoms with Crippen molar-refractivity contribution in [3.8, 4) is 0 Å². The van der Waals surface area contributed by atoms with E-state index in [2.05, 4.69) is 20.4 Å². The fraction of sp³-hybridized carbons (Fsp3) is 0.267. The Bertz CT molecular complexity index is 773. The molecule has 1 unspecified atom stereocenters. The van der Waals surface area contributed by atoms with Crippen LogP contribution in [0.25, 0.3) is 11.1 Å². The molecule has 0 radical (unpaired) electrons. The van der Waals surface area contributed by atoms with Crippen LogP contribution >= 0.6 is 11.6 Å². The third kappa shape index (κ3) is 2.88. The van der Waals surface area contributed by atoms with E-state index < -0.39 is 0 Å². The number of methoxy groups -OCH3 is 1. The summed E-state index contributed by atoms with van der Waals surface area (Å²) in [7, 11) is 1.67. The van der Waals surface area contributed by atoms with Gasteiger partial charge in [-0.2, -0.15) is 4.98 Å². The van der Waals surface area contributed by atoms with Crippen LogP contribution in [-0.2, 0) is 4.74 Å². The first-order valence-corrected chi connectivity index (χ1v) is 7.16. The molecule has 0 aliphatic carbocycles. The second kappa shape index (κ2) is 6.29. The molecule has 0 saturated carbocycles. The first-order valence-electron chi connectivity index (χ1n) is 6.78. The summed E-state index contributed by atoms with van der Waals surface area (Å²) >= 11 is 5.91. The fourth-order valence-electron chi connectivity index (χ4n) is 2.26. The Kier molecular flexibility index (Phi) is 4.22. The van der Waals surface area contributed by atoms with E-state index in [9.17, 15) is 0 Å². The molecule has 114 valence electrons. The van der Waals surface area contributed by atoms with Gasteiger partial charge in [0.1, 0.15) is 17.5 Å². The normalized spacial score (nSPS) is 12.5. The maximum absolute atomic E-state index is 5.91. The van der Waals surface area contributed by atoms with Gasteiger partial charge in [-0.05, 0) is 24.6 Å². The predicted octanol–water partition coefficient (Wildman–Crippen LogP) is 3.38. The van der Waals surface area contributed by atoms with E-state index >= 15 is 0 Å². The molecule has 2 heterocycles. The molecule has 1 aromatic carbocycles. The number of aryl methyl sites for hydroxylation is 1. The molecule has 6 nitrogen and oxygen atoms in total. The summed E-state index contributed by atoms with van der Waals surface area (Å²) in [4.78, 5) is 8.31. The quantitative estimate of drug-likeness (QED) is 0.777. The van der Waals surface area contributed by atoms with Crippen LogP contribution in [0.5, 0.6) is 0 Å². The number of halogens is 1. The van der Waals surface area contributed by atoms with Crippen molar-refractivity contribution in [1.29, 1.82) is 0 Å². The molecule has 0 spiro atoms. The SMILES string of the molecule is COC(CNc1ncnc2onc(C)c12)c1ccc(Cl)cc1. The number of nitrogens with one attached hydrogen (secondary N) is 1. The van der Waals surface area contributed by atoms with Gasteiger partial charge in [0.05, 0.1) is 11.8 Å². The maximum Gasteiger partial charge on any atom is 0.263 e. The van der Waals surface area contributed by atoms with Crippen molar-refractivity contribution in [1.82, 2.24) is 15.1 Å². The third-order valence-corrected chi connectivity index (χ3v) is 3.68. The van der Waals surface area contributed by atoms with Crippen molar-refractivity contribution in [3.63, 3.8) is 0 Å². The lowest BCUT2D eigenvalue weighted by atomic mass is 10.1. The number of nitrogens with zero attached hydrogens (tertiary/aromatic N) is 3. The van der Waals surface area contributed by atoms with Gasteiger partial charge in [0.2, 0.25) is 0 Å². The molecule has 0 fully saturated rings. The van der Waals surface area contributed by atoms with Gasteiger partial charge in [0.15, 0.2) is 0 Å². The molecule has 0 saturated heterocycles. The Morgan fingerprint density at radius 1 is 1.27 bits per heavy atom. The molecule has 1 atom stereocenters. The van der Waals surface area contributed by atoms with Gasteiger partial charge < -0.3 is 14.6 Å². The summed E-state index contributed by atoms with van der Waals surface area (Å²) in [6.07, 6.45) is 1.32. The number of hydrogen-bond acceptors (Lipinski definition) is 6. The Balaban J connectivity index is 1.80. The maximum atomic E-state index is 5.91. The van der Waals surface area contributed by atoms with Gasteiger partial charge in [-0.15, -0.1) is 0 Å². The lowest BCUT2D eigenvalue weighted by Gasteiger charge is -2.17. The largest absolute Gasteiger partial charge is 0.375 e. The van der Waals surface area contributed by atoms with Crippen LogP contribution in [0.4, 0.5) is 5.82 Å². The lowest BCUT2D eigenvalue weighted by molar-refractivity contribution is 0.114. The highest BCUT2D eigenvalue weighted by molar-refractivity contribution is 6.30. The minimum absolute atomic E-state index is 0.123. The van der Waals surface area contributed by atoms with Crippen molar-refractivity contribution in [2.24, 2.45) is 0 Å². The smallest absolute Gasteiger partial charge is 0.263 e. The van der Waals surface area contributed by atoms with Crippen LogP contribution in [0.3, 0.4) is 0 Å². The predicted molar refractivity (Wildman–Crippen MR) is 84.0 cm³/mol. The average molecular weight is 319 g/mol. The second-order valence-electron chi connectivity index (χ2n) is 4.83. The van der Waals surface area contributed by atoms with Gasteiger partial charge in [0.25, 0.3) is 5.71 Å². The van der Waals surface area contributed by atoms with Crippen molar-refractivity contribution < 1.29 is 9.26 Å². The van der Waals surface area contributed by atoms with Gasteiger partial charge in [-0.25, -0.2) is 4.98 Å². The minimum Gasteiger partial charge on any atom is -0.375 e. The summed E-state index contributed by atoms with van der Waals surface area (Å²) in [5.74, 6) is 0.680. The summed E-state index contributed by atoms with van der Waals surface area (Å²) < 4.78 is 10.7. The second-order valence-corrected chi connectivity index (χ2v) is 5.26. The number of hydrogen-bond donors (Lipinski definition) is 1. The zero-order valence-corrected chi connectivity index (χ0v) is 13.0. The zero-order valence-electron chi connectivity index (χ0n) is 12.2. The van der Waals surface area contributed by atoms with E-state index in [1.54, 1.807) is 7.11 Å². The minimum atomic E-state index is -0.123. The molecule has 7 heteroatoms. The summed E-state index contributed by atoms with van der Waals surface area (Å²) in [6, 6.07) is 7.57. The van der Waals surface area contributed by atoms with E-state index in [4.69, 9.17) is 20.9 Å². The monoisotopic (exact) mass is 318 g/mol. The lowest BCUT2D eigenvalue weighted by Crippen LogP contribution is -2.15. The summed E-state index contributed by atoms with van der Waals surface area (Å²) in [6.45, 7) is 2.40. The average Bonchev–Trinajstić information content (AvgIpc) is 2.92. The number of benzene rings is 1. The number of ether oxygens (including phenoxy) is 1. The molecule has 22 heavy (non-hydrogen) atoms. The highest BCUT2D eigenvalue weighted by atomic mass is 35.5. The standard InChI is InChI=1S/C15H15ClN4O2/c1-9-13-14(18-8-19-15(13)22-20-9)17-7-12(21-2)10-3-5-11(16)6-4-10/h3-6,8,12H,7H2,1-2H3,(H,17,18,19). The van der Waals surface area contributed by atoms with Crippen LogP contribution in [0.15, 0.2) is 35.1 Å². The molecule has 2 aromatic heterocycles. The highest BCUT2D eigenvalue weighted by Crippen LogP contribution is 2.24. The fourth-order valence-corrected chi connectivity index (χ4v) is 2.39. The summed E-state index contributed by atoms with van der Waals surface area (Å²) in [5, 5.41) is 8.66. The van der Waals surface area contributed by atoms with Gasteiger partial charge in [-0.3, -0.25) is 0 Å². The first kappa shape index (κ1) is 14.7. The van der Waals surface area contributed by atoms with Crippen molar-refractivity contribution in [2.45, 2.75) is 13.0 Å². The van der Waals surface area contributed by atoms with Crippen molar-refractivity contribution >= 4 is 28.5 Å². The van der Waals surface area contributed by atoms with Crippen LogP contribution in [0.1, 0.15) is 17.4 Å². The summed E-state index contributed by atoms with van der Waals surface area (Å²) in [5.41, 5.74) is 2.25. The molecule has 0 bridgehead atoms.